The van der Waals surface area contributed by atoms with Crippen LogP contribution in [0.2, 0.25) is 0 Å². The molecule has 136 valence electrons. The SMILES string of the molecule is O=C(Cn1nc(C(=O)[O-])c2ccccc2c1=O)NCCC1=CCCCC1. The number of aromatic nitrogens is 2. The molecule has 0 spiro atoms. The molecule has 0 fully saturated rings. The fourth-order valence-corrected chi connectivity index (χ4v) is 3.18. The van der Waals surface area contributed by atoms with Gasteiger partial charge in [-0.3, -0.25) is 9.59 Å². The third-order valence-electron chi connectivity index (χ3n) is 4.51. The molecule has 2 aromatic rings. The molecule has 0 saturated carbocycles. The minimum atomic E-state index is -1.49. The number of carboxylic acids is 1. The molecule has 7 nitrogen and oxygen atoms in total. The fourth-order valence-electron chi connectivity index (χ4n) is 3.18. The van der Waals surface area contributed by atoms with Crippen molar-refractivity contribution in [2.75, 3.05) is 6.54 Å². The first kappa shape index (κ1) is 17.8. The highest BCUT2D eigenvalue weighted by Gasteiger charge is 2.13. The highest BCUT2D eigenvalue weighted by Crippen LogP contribution is 2.19. The Balaban J connectivity index is 1.72. The van der Waals surface area contributed by atoms with Crippen LogP contribution in [0.3, 0.4) is 0 Å². The number of benzene rings is 1. The Morgan fingerprint density at radius 3 is 2.65 bits per heavy atom. The van der Waals surface area contributed by atoms with Gasteiger partial charge in [0, 0.05) is 11.9 Å². The van der Waals surface area contributed by atoms with Gasteiger partial charge in [-0.25, -0.2) is 4.68 Å². The van der Waals surface area contributed by atoms with E-state index in [4.69, 9.17) is 0 Å². The molecule has 0 aliphatic heterocycles. The molecule has 7 heteroatoms. The first-order chi connectivity index (χ1) is 12.6. The molecule has 1 heterocycles. The molecule has 1 aliphatic rings. The van der Waals surface area contributed by atoms with E-state index in [9.17, 15) is 19.5 Å². The molecule has 0 radical (unpaired) electrons. The van der Waals surface area contributed by atoms with E-state index in [0.717, 1.165) is 23.9 Å². The summed E-state index contributed by atoms with van der Waals surface area (Å²) in [5, 5.41) is 18.3. The van der Waals surface area contributed by atoms with Crippen LogP contribution in [0.4, 0.5) is 0 Å². The van der Waals surface area contributed by atoms with Gasteiger partial charge in [-0.15, -0.1) is 0 Å². The van der Waals surface area contributed by atoms with E-state index in [0.29, 0.717) is 6.54 Å². The summed E-state index contributed by atoms with van der Waals surface area (Å²) in [6.45, 7) is 0.156. The van der Waals surface area contributed by atoms with Gasteiger partial charge in [0.25, 0.3) is 5.56 Å². The number of allylic oxidation sites excluding steroid dienone is 1. The zero-order valence-corrected chi connectivity index (χ0v) is 14.4. The summed E-state index contributed by atoms with van der Waals surface area (Å²) in [5.74, 6) is -1.87. The maximum absolute atomic E-state index is 12.5. The Kier molecular flexibility index (Phi) is 5.46. The Bertz CT molecular complexity index is 930. The van der Waals surface area contributed by atoms with Gasteiger partial charge in [-0.05, 0) is 38.2 Å². The van der Waals surface area contributed by atoms with Crippen LogP contribution in [0.5, 0.6) is 0 Å². The number of aromatic carboxylic acids is 1. The number of fused-ring (bicyclic) bond motifs is 1. The van der Waals surface area contributed by atoms with E-state index < -0.39 is 11.5 Å². The minimum Gasteiger partial charge on any atom is -0.543 e. The van der Waals surface area contributed by atoms with Crippen molar-refractivity contribution < 1.29 is 14.7 Å². The van der Waals surface area contributed by atoms with Crippen molar-refractivity contribution in [3.05, 3.63) is 52.0 Å². The van der Waals surface area contributed by atoms with Gasteiger partial charge in [0.15, 0.2) is 0 Å². The molecule has 26 heavy (non-hydrogen) atoms. The van der Waals surface area contributed by atoms with Gasteiger partial charge < -0.3 is 15.2 Å². The van der Waals surface area contributed by atoms with Crippen LogP contribution < -0.4 is 16.0 Å². The van der Waals surface area contributed by atoms with Crippen LogP contribution >= 0.6 is 0 Å². The van der Waals surface area contributed by atoms with Crippen LogP contribution in [0.15, 0.2) is 40.7 Å². The van der Waals surface area contributed by atoms with Crippen molar-refractivity contribution in [1.82, 2.24) is 15.1 Å². The summed E-state index contributed by atoms with van der Waals surface area (Å²) in [6, 6.07) is 6.25. The molecule has 1 aromatic carbocycles. The van der Waals surface area contributed by atoms with E-state index in [-0.39, 0.29) is 28.9 Å². The van der Waals surface area contributed by atoms with E-state index in [2.05, 4.69) is 16.5 Å². The molecule has 0 saturated heterocycles. The lowest BCUT2D eigenvalue weighted by atomic mass is 9.97. The molecular weight excluding hydrogens is 334 g/mol. The number of nitrogens with zero attached hydrogens (tertiary/aromatic N) is 2. The van der Waals surface area contributed by atoms with Gasteiger partial charge in [0.2, 0.25) is 5.91 Å². The predicted molar refractivity (Wildman–Crippen MR) is 94.5 cm³/mol. The molecule has 3 rings (SSSR count). The molecule has 1 N–H and O–H groups in total. The zero-order chi connectivity index (χ0) is 18.5. The van der Waals surface area contributed by atoms with Crippen molar-refractivity contribution in [1.29, 1.82) is 0 Å². The van der Waals surface area contributed by atoms with Gasteiger partial charge in [0.1, 0.15) is 12.2 Å². The molecule has 1 aliphatic carbocycles. The summed E-state index contributed by atoms with van der Waals surface area (Å²) in [4.78, 5) is 35.9. The normalized spacial score (nSPS) is 14.1. The monoisotopic (exact) mass is 354 g/mol. The Labute approximate surface area is 150 Å². The summed E-state index contributed by atoms with van der Waals surface area (Å²) in [7, 11) is 0. The number of carbonyl (C=O) groups excluding carboxylic acids is 2. The largest absolute Gasteiger partial charge is 0.543 e. The zero-order valence-electron chi connectivity index (χ0n) is 14.4. The molecule has 1 aromatic heterocycles. The lowest BCUT2D eigenvalue weighted by Gasteiger charge is -2.14. The lowest BCUT2D eigenvalue weighted by molar-refractivity contribution is -0.255. The van der Waals surface area contributed by atoms with E-state index in [1.54, 1.807) is 12.1 Å². The summed E-state index contributed by atoms with van der Waals surface area (Å²) < 4.78 is 0.878. The second-order valence-electron chi connectivity index (χ2n) is 6.35. The number of hydrogen-bond acceptors (Lipinski definition) is 5. The van der Waals surface area contributed by atoms with E-state index in [1.807, 2.05) is 0 Å². The third-order valence-corrected chi connectivity index (χ3v) is 4.51. The number of amides is 1. The number of carboxylic acid groups (broad SMARTS) is 1. The van der Waals surface area contributed by atoms with Crippen molar-refractivity contribution in [2.24, 2.45) is 0 Å². The van der Waals surface area contributed by atoms with Crippen molar-refractivity contribution in [2.45, 2.75) is 38.6 Å². The van der Waals surface area contributed by atoms with Gasteiger partial charge in [0.05, 0.1) is 11.4 Å². The third kappa shape index (κ3) is 3.99. The van der Waals surface area contributed by atoms with Crippen LogP contribution in [0.1, 0.15) is 42.6 Å². The summed E-state index contributed by atoms with van der Waals surface area (Å²) in [5.41, 5.74) is 0.493. The van der Waals surface area contributed by atoms with Crippen molar-refractivity contribution in [3.8, 4) is 0 Å². The van der Waals surface area contributed by atoms with Crippen LogP contribution in [-0.2, 0) is 11.3 Å². The molecule has 0 atom stereocenters. The highest BCUT2D eigenvalue weighted by molar-refractivity contribution is 6.00. The Morgan fingerprint density at radius 1 is 1.19 bits per heavy atom. The number of hydrogen-bond donors (Lipinski definition) is 1. The number of nitrogens with one attached hydrogen (secondary N) is 1. The fraction of sp³-hybridized carbons (Fsp3) is 0.368. The average Bonchev–Trinajstić information content (AvgIpc) is 2.65. The molecule has 0 unspecified atom stereocenters. The quantitative estimate of drug-likeness (QED) is 0.772. The van der Waals surface area contributed by atoms with E-state index >= 15 is 0 Å². The Morgan fingerprint density at radius 2 is 1.96 bits per heavy atom. The minimum absolute atomic E-state index is 0.196. The van der Waals surface area contributed by atoms with Gasteiger partial charge in [-0.2, -0.15) is 5.10 Å². The maximum Gasteiger partial charge on any atom is 0.275 e. The second kappa shape index (κ2) is 7.95. The van der Waals surface area contributed by atoms with Crippen LogP contribution in [-0.4, -0.2) is 28.2 Å². The first-order valence-electron chi connectivity index (χ1n) is 8.72. The van der Waals surface area contributed by atoms with Crippen LogP contribution in [0, 0.1) is 0 Å². The number of rotatable bonds is 6. The molecule has 1 amide bonds. The number of carbonyl (C=O) groups is 2. The molecular formula is C19H20N3O4-. The Hall–Kier alpha value is -2.96. The van der Waals surface area contributed by atoms with Gasteiger partial charge >= 0.3 is 0 Å². The van der Waals surface area contributed by atoms with Crippen LogP contribution in [0.25, 0.3) is 10.8 Å². The predicted octanol–water partition coefficient (Wildman–Crippen LogP) is 0.767. The second-order valence-corrected chi connectivity index (χ2v) is 6.35. The highest BCUT2D eigenvalue weighted by atomic mass is 16.4. The van der Waals surface area contributed by atoms with E-state index in [1.165, 1.54) is 30.5 Å². The van der Waals surface area contributed by atoms with Crippen molar-refractivity contribution >= 4 is 22.6 Å². The lowest BCUT2D eigenvalue weighted by Crippen LogP contribution is -2.36. The first-order valence-corrected chi connectivity index (χ1v) is 8.72. The summed E-state index contributed by atoms with van der Waals surface area (Å²) in [6.07, 6.45) is 7.56. The summed E-state index contributed by atoms with van der Waals surface area (Å²) >= 11 is 0. The van der Waals surface area contributed by atoms with Crippen molar-refractivity contribution in [3.63, 3.8) is 0 Å². The van der Waals surface area contributed by atoms with Gasteiger partial charge in [-0.1, -0.05) is 29.8 Å². The smallest absolute Gasteiger partial charge is 0.275 e. The maximum atomic E-state index is 12.5. The standard InChI is InChI=1S/C19H21N3O4/c23-16(20-11-10-13-6-2-1-3-7-13)12-22-18(24)15-9-5-4-8-14(15)17(21-22)19(25)26/h4-6,8-9H,1-3,7,10-12H2,(H,20,23)(H,25,26)/p-1. The molecule has 0 bridgehead atoms. The average molecular weight is 354 g/mol. The topological polar surface area (TPSA) is 104 Å².